The van der Waals surface area contributed by atoms with E-state index in [2.05, 4.69) is 25.2 Å². The van der Waals surface area contributed by atoms with Crippen molar-refractivity contribution >= 4 is 0 Å². The molecule has 1 fully saturated rings. The molecule has 0 amide bonds. The molecule has 17 heavy (non-hydrogen) atoms. The Balaban J connectivity index is 1.86. The van der Waals surface area contributed by atoms with Gasteiger partial charge in [0, 0.05) is 6.04 Å². The van der Waals surface area contributed by atoms with Crippen molar-refractivity contribution in [2.45, 2.75) is 38.8 Å². The van der Waals surface area contributed by atoms with Gasteiger partial charge in [-0.1, -0.05) is 6.07 Å². The summed E-state index contributed by atoms with van der Waals surface area (Å²) in [4.78, 5) is 0. The number of aryl methyl sites for hydroxylation is 2. The van der Waals surface area contributed by atoms with E-state index in [1.54, 1.807) is 0 Å². The highest BCUT2D eigenvalue weighted by atomic mass is 16.5. The van der Waals surface area contributed by atoms with Gasteiger partial charge in [0.25, 0.3) is 0 Å². The molecule has 2 rings (SSSR count). The summed E-state index contributed by atoms with van der Waals surface area (Å²) >= 11 is 0. The van der Waals surface area contributed by atoms with Crippen LogP contribution in [0.2, 0.25) is 0 Å². The van der Waals surface area contributed by atoms with Crippen LogP contribution in [0.5, 0.6) is 5.75 Å². The molecule has 0 spiro atoms. The SMILES string of the molecule is Cc1cc(C)cc(OCC(CO)NC2CC2)c1. The number of hydrogen-bond donors (Lipinski definition) is 2. The summed E-state index contributed by atoms with van der Waals surface area (Å²) in [5.74, 6) is 0.888. The first-order valence-electron chi connectivity index (χ1n) is 6.25. The van der Waals surface area contributed by atoms with E-state index in [1.807, 2.05) is 12.1 Å². The zero-order valence-electron chi connectivity index (χ0n) is 10.6. The predicted molar refractivity (Wildman–Crippen MR) is 68.4 cm³/mol. The lowest BCUT2D eigenvalue weighted by Crippen LogP contribution is -2.39. The maximum Gasteiger partial charge on any atom is 0.119 e. The van der Waals surface area contributed by atoms with E-state index in [-0.39, 0.29) is 12.6 Å². The Kier molecular flexibility index (Phi) is 4.02. The van der Waals surface area contributed by atoms with Gasteiger partial charge in [-0.05, 0) is 49.9 Å². The van der Waals surface area contributed by atoms with Crippen LogP contribution in [-0.2, 0) is 0 Å². The van der Waals surface area contributed by atoms with Crippen molar-refractivity contribution in [1.29, 1.82) is 0 Å². The van der Waals surface area contributed by atoms with Gasteiger partial charge < -0.3 is 15.2 Å². The van der Waals surface area contributed by atoms with Crippen LogP contribution >= 0.6 is 0 Å². The van der Waals surface area contributed by atoms with Crippen LogP contribution < -0.4 is 10.1 Å². The van der Waals surface area contributed by atoms with Crippen molar-refractivity contribution in [1.82, 2.24) is 5.32 Å². The number of ether oxygens (including phenoxy) is 1. The van der Waals surface area contributed by atoms with Gasteiger partial charge in [0.2, 0.25) is 0 Å². The minimum Gasteiger partial charge on any atom is -0.492 e. The topological polar surface area (TPSA) is 41.5 Å². The summed E-state index contributed by atoms with van der Waals surface area (Å²) in [6.45, 7) is 4.77. The molecule has 3 heteroatoms. The monoisotopic (exact) mass is 235 g/mol. The van der Waals surface area contributed by atoms with Gasteiger partial charge in [-0.3, -0.25) is 0 Å². The maximum atomic E-state index is 9.25. The van der Waals surface area contributed by atoms with E-state index >= 15 is 0 Å². The predicted octanol–water partition coefficient (Wildman–Crippen LogP) is 1.80. The molecule has 3 nitrogen and oxygen atoms in total. The number of hydrogen-bond acceptors (Lipinski definition) is 3. The molecular weight excluding hydrogens is 214 g/mol. The summed E-state index contributed by atoms with van der Waals surface area (Å²) in [5.41, 5.74) is 2.41. The molecule has 0 bridgehead atoms. The average molecular weight is 235 g/mol. The quantitative estimate of drug-likeness (QED) is 0.790. The van der Waals surface area contributed by atoms with Crippen LogP contribution in [0.25, 0.3) is 0 Å². The normalized spacial score (nSPS) is 16.9. The number of benzene rings is 1. The zero-order chi connectivity index (χ0) is 12.3. The number of nitrogens with one attached hydrogen (secondary N) is 1. The Morgan fingerprint density at radius 2 is 1.94 bits per heavy atom. The summed E-state index contributed by atoms with van der Waals surface area (Å²) in [5, 5.41) is 12.6. The molecule has 1 atom stereocenters. The highest BCUT2D eigenvalue weighted by Gasteiger charge is 2.24. The third kappa shape index (κ3) is 4.02. The zero-order valence-corrected chi connectivity index (χ0v) is 10.6. The molecule has 0 aromatic heterocycles. The molecule has 0 radical (unpaired) electrons. The molecule has 0 saturated heterocycles. The van der Waals surface area contributed by atoms with Crippen molar-refractivity contribution < 1.29 is 9.84 Å². The lowest BCUT2D eigenvalue weighted by molar-refractivity contribution is 0.182. The lowest BCUT2D eigenvalue weighted by atomic mass is 10.1. The Labute approximate surface area is 103 Å². The number of aliphatic hydroxyl groups is 1. The molecule has 2 N–H and O–H groups in total. The van der Waals surface area contributed by atoms with E-state index in [0.717, 1.165) is 5.75 Å². The first-order valence-corrected chi connectivity index (χ1v) is 6.25. The highest BCUT2D eigenvalue weighted by Crippen LogP contribution is 2.20. The van der Waals surface area contributed by atoms with Crippen molar-refractivity contribution in [3.05, 3.63) is 29.3 Å². The third-order valence-corrected chi connectivity index (χ3v) is 2.92. The number of rotatable bonds is 6. The summed E-state index contributed by atoms with van der Waals surface area (Å²) in [7, 11) is 0. The summed E-state index contributed by atoms with van der Waals surface area (Å²) < 4.78 is 5.73. The molecular formula is C14H21NO2. The van der Waals surface area contributed by atoms with Crippen LogP contribution in [0.3, 0.4) is 0 Å². The lowest BCUT2D eigenvalue weighted by Gasteiger charge is -2.17. The molecule has 1 saturated carbocycles. The standard InChI is InChI=1S/C14H21NO2/c1-10-5-11(2)7-14(6-10)17-9-13(8-16)15-12-3-4-12/h5-7,12-13,15-16H,3-4,8-9H2,1-2H3. The summed E-state index contributed by atoms with van der Waals surface area (Å²) in [6.07, 6.45) is 2.44. The first-order chi connectivity index (χ1) is 8.17. The maximum absolute atomic E-state index is 9.25. The molecule has 0 heterocycles. The van der Waals surface area contributed by atoms with Gasteiger partial charge in [0.1, 0.15) is 12.4 Å². The molecule has 1 aliphatic rings. The second kappa shape index (κ2) is 5.52. The highest BCUT2D eigenvalue weighted by molar-refractivity contribution is 5.33. The average Bonchev–Trinajstić information content (AvgIpc) is 3.06. The fourth-order valence-corrected chi connectivity index (χ4v) is 1.95. The molecule has 1 aliphatic carbocycles. The van der Waals surface area contributed by atoms with Gasteiger partial charge in [-0.2, -0.15) is 0 Å². The summed E-state index contributed by atoms with van der Waals surface area (Å²) in [6, 6.07) is 6.81. The van der Waals surface area contributed by atoms with Crippen LogP contribution in [0, 0.1) is 13.8 Å². The van der Waals surface area contributed by atoms with E-state index < -0.39 is 0 Å². The van der Waals surface area contributed by atoms with Crippen LogP contribution in [0.15, 0.2) is 18.2 Å². The molecule has 1 aromatic carbocycles. The van der Waals surface area contributed by atoms with Crippen molar-refractivity contribution in [2.24, 2.45) is 0 Å². The first kappa shape index (κ1) is 12.4. The molecule has 1 aromatic rings. The van der Waals surface area contributed by atoms with Gasteiger partial charge >= 0.3 is 0 Å². The van der Waals surface area contributed by atoms with Crippen molar-refractivity contribution in [2.75, 3.05) is 13.2 Å². The molecule has 94 valence electrons. The van der Waals surface area contributed by atoms with E-state index in [0.29, 0.717) is 12.6 Å². The van der Waals surface area contributed by atoms with Gasteiger partial charge in [0.05, 0.1) is 12.6 Å². The Hall–Kier alpha value is -1.06. The largest absolute Gasteiger partial charge is 0.492 e. The van der Waals surface area contributed by atoms with Gasteiger partial charge in [-0.15, -0.1) is 0 Å². The van der Waals surface area contributed by atoms with E-state index in [1.165, 1.54) is 24.0 Å². The second-order valence-electron chi connectivity index (χ2n) is 4.95. The third-order valence-electron chi connectivity index (χ3n) is 2.92. The van der Waals surface area contributed by atoms with E-state index in [9.17, 15) is 5.11 Å². The minimum atomic E-state index is 0.0447. The van der Waals surface area contributed by atoms with Crippen molar-refractivity contribution in [3.63, 3.8) is 0 Å². The molecule has 0 aliphatic heterocycles. The van der Waals surface area contributed by atoms with Gasteiger partial charge in [0.15, 0.2) is 0 Å². The fourth-order valence-electron chi connectivity index (χ4n) is 1.95. The second-order valence-corrected chi connectivity index (χ2v) is 4.95. The Morgan fingerprint density at radius 1 is 1.29 bits per heavy atom. The van der Waals surface area contributed by atoms with Gasteiger partial charge in [-0.25, -0.2) is 0 Å². The minimum absolute atomic E-state index is 0.0447. The number of aliphatic hydroxyl groups excluding tert-OH is 1. The smallest absolute Gasteiger partial charge is 0.119 e. The van der Waals surface area contributed by atoms with Crippen molar-refractivity contribution in [3.8, 4) is 5.75 Å². The van der Waals surface area contributed by atoms with Crippen LogP contribution in [0.4, 0.5) is 0 Å². The Bertz CT molecular complexity index is 354. The fraction of sp³-hybridized carbons (Fsp3) is 0.571. The molecule has 1 unspecified atom stereocenters. The van der Waals surface area contributed by atoms with E-state index in [4.69, 9.17) is 4.74 Å². The Morgan fingerprint density at radius 3 is 2.47 bits per heavy atom. The van der Waals surface area contributed by atoms with Crippen LogP contribution in [0.1, 0.15) is 24.0 Å². The van der Waals surface area contributed by atoms with Crippen LogP contribution in [-0.4, -0.2) is 30.4 Å².